The van der Waals surface area contributed by atoms with Crippen LogP contribution in [0.15, 0.2) is 62.6 Å². The molecule has 0 radical (unpaired) electrons. The number of piperazine rings is 1. The molecule has 1 aliphatic heterocycles. The number of hydrogen-bond acceptors (Lipinski definition) is 6. The summed E-state index contributed by atoms with van der Waals surface area (Å²) in [6.45, 7) is 1.68. The average Bonchev–Trinajstić information content (AvgIpc) is 3.32. The highest BCUT2D eigenvalue weighted by atomic mass is 79.9. The fourth-order valence-electron chi connectivity index (χ4n) is 3.53. The van der Waals surface area contributed by atoms with Gasteiger partial charge in [-0.1, -0.05) is 27.5 Å². The van der Waals surface area contributed by atoms with Gasteiger partial charge in [-0.15, -0.1) is 11.3 Å². The quantitative estimate of drug-likeness (QED) is 0.438. The van der Waals surface area contributed by atoms with Crippen molar-refractivity contribution in [3.63, 3.8) is 0 Å². The Kier molecular flexibility index (Phi) is 7.29. The molecule has 0 spiro atoms. The van der Waals surface area contributed by atoms with Gasteiger partial charge in [-0.3, -0.25) is 4.79 Å². The highest BCUT2D eigenvalue weighted by molar-refractivity contribution is 9.10. The van der Waals surface area contributed by atoms with E-state index >= 15 is 0 Å². The largest absolute Gasteiger partial charge is 0.478 e. The molecule has 1 aliphatic rings. The SMILES string of the molecule is O=C(Nc1ccc(Br)cc1C(=O)O)c1csc(S(=O)(=O)N2CCN(c3ccc(Cl)cc3)CC2)c1. The third-order valence-corrected chi connectivity index (χ3v) is 9.38. The van der Waals surface area contributed by atoms with Crippen molar-refractivity contribution in [1.29, 1.82) is 0 Å². The summed E-state index contributed by atoms with van der Waals surface area (Å²) in [7, 11) is -3.76. The number of nitrogens with one attached hydrogen (secondary N) is 1. The minimum atomic E-state index is -3.76. The lowest BCUT2D eigenvalue weighted by Crippen LogP contribution is -2.48. The lowest BCUT2D eigenvalue weighted by molar-refractivity contribution is 0.0698. The van der Waals surface area contributed by atoms with Crippen molar-refractivity contribution in [3.8, 4) is 0 Å². The molecule has 0 bridgehead atoms. The number of carbonyl (C=O) groups is 2. The maximum Gasteiger partial charge on any atom is 0.337 e. The van der Waals surface area contributed by atoms with E-state index in [1.807, 2.05) is 12.1 Å². The molecule has 1 saturated heterocycles. The lowest BCUT2D eigenvalue weighted by atomic mass is 10.1. The minimum absolute atomic E-state index is 0.0619. The fraction of sp³-hybridized carbons (Fsp3) is 0.182. The summed E-state index contributed by atoms with van der Waals surface area (Å²) in [6, 6.07) is 13.2. The monoisotopic (exact) mass is 583 g/mol. The Labute approximate surface area is 213 Å². The highest BCUT2D eigenvalue weighted by Crippen LogP contribution is 2.28. The first-order valence-corrected chi connectivity index (χ1v) is 13.6. The van der Waals surface area contributed by atoms with E-state index in [-0.39, 0.29) is 21.0 Å². The standard InChI is InChI=1S/C22H19BrClN3O5S2/c23-15-1-6-19(18(12-15)22(29)30)25-21(28)14-11-20(33-13-14)34(31,32)27-9-7-26(8-10-27)17-4-2-16(24)3-5-17/h1-6,11-13H,7-10H2,(H,25,28)(H,29,30). The number of sulfonamides is 1. The van der Waals surface area contributed by atoms with Crippen LogP contribution < -0.4 is 10.2 Å². The summed E-state index contributed by atoms with van der Waals surface area (Å²) in [4.78, 5) is 26.2. The number of amides is 1. The number of rotatable bonds is 6. The van der Waals surface area contributed by atoms with Gasteiger partial charge >= 0.3 is 5.97 Å². The molecular weight excluding hydrogens is 566 g/mol. The Morgan fingerprint density at radius 1 is 1.03 bits per heavy atom. The molecule has 1 fully saturated rings. The van der Waals surface area contributed by atoms with Crippen LogP contribution in [0.3, 0.4) is 0 Å². The fourth-order valence-corrected chi connectivity index (χ4v) is 6.76. The second-order valence-electron chi connectivity index (χ2n) is 7.47. The zero-order valence-corrected chi connectivity index (χ0v) is 21.5. The first-order valence-electron chi connectivity index (χ1n) is 10.1. The number of anilines is 2. The molecule has 2 aromatic carbocycles. The van der Waals surface area contributed by atoms with Gasteiger partial charge in [-0.05, 0) is 48.5 Å². The van der Waals surface area contributed by atoms with Crippen LogP contribution >= 0.6 is 38.9 Å². The molecule has 1 amide bonds. The zero-order chi connectivity index (χ0) is 24.5. The third kappa shape index (κ3) is 5.28. The Bertz CT molecular complexity index is 1340. The summed E-state index contributed by atoms with van der Waals surface area (Å²) in [6.07, 6.45) is 0. The maximum absolute atomic E-state index is 13.1. The summed E-state index contributed by atoms with van der Waals surface area (Å²) >= 11 is 10.1. The van der Waals surface area contributed by atoms with E-state index in [0.717, 1.165) is 17.0 Å². The molecule has 8 nitrogen and oxygen atoms in total. The van der Waals surface area contributed by atoms with E-state index in [1.54, 1.807) is 18.2 Å². The predicted octanol–water partition coefficient (Wildman–Crippen LogP) is 4.63. The van der Waals surface area contributed by atoms with Crippen molar-refractivity contribution in [1.82, 2.24) is 4.31 Å². The summed E-state index contributed by atoms with van der Waals surface area (Å²) in [5.74, 6) is -1.78. The molecule has 12 heteroatoms. The second kappa shape index (κ2) is 10.0. The van der Waals surface area contributed by atoms with Gasteiger partial charge < -0.3 is 15.3 Å². The summed E-state index contributed by atoms with van der Waals surface area (Å²) < 4.78 is 28.3. The van der Waals surface area contributed by atoms with Gasteiger partial charge in [-0.25, -0.2) is 13.2 Å². The van der Waals surface area contributed by atoms with Crippen molar-refractivity contribution in [2.75, 3.05) is 36.4 Å². The molecule has 0 aliphatic carbocycles. The van der Waals surface area contributed by atoms with Crippen LogP contribution in [0.25, 0.3) is 0 Å². The summed E-state index contributed by atoms with van der Waals surface area (Å²) in [5.41, 5.74) is 1.16. The van der Waals surface area contributed by atoms with Crippen molar-refractivity contribution in [2.45, 2.75) is 4.21 Å². The smallest absolute Gasteiger partial charge is 0.337 e. The molecule has 1 aromatic heterocycles. The molecule has 178 valence electrons. The van der Waals surface area contributed by atoms with E-state index in [1.165, 1.54) is 27.9 Å². The Balaban J connectivity index is 1.45. The van der Waals surface area contributed by atoms with Crippen molar-refractivity contribution >= 4 is 72.1 Å². The summed E-state index contributed by atoms with van der Waals surface area (Å²) in [5, 5.41) is 14.0. The number of thiophene rings is 1. The molecule has 0 atom stereocenters. The molecule has 2 N–H and O–H groups in total. The van der Waals surface area contributed by atoms with Gasteiger partial charge in [0.1, 0.15) is 4.21 Å². The van der Waals surface area contributed by atoms with Gasteiger partial charge in [-0.2, -0.15) is 4.31 Å². The van der Waals surface area contributed by atoms with Gasteiger partial charge in [0.2, 0.25) is 0 Å². The number of nitrogens with zero attached hydrogens (tertiary/aromatic N) is 2. The second-order valence-corrected chi connectivity index (χ2v) is 11.9. The minimum Gasteiger partial charge on any atom is -0.478 e. The number of benzene rings is 2. The van der Waals surface area contributed by atoms with E-state index in [2.05, 4.69) is 26.1 Å². The van der Waals surface area contributed by atoms with E-state index in [0.29, 0.717) is 35.7 Å². The number of hydrogen-bond donors (Lipinski definition) is 2. The molecule has 0 unspecified atom stereocenters. The average molecular weight is 585 g/mol. The van der Waals surface area contributed by atoms with Crippen molar-refractivity contribution in [3.05, 3.63) is 74.5 Å². The molecule has 2 heterocycles. The van der Waals surface area contributed by atoms with Crippen molar-refractivity contribution < 1.29 is 23.1 Å². The first-order chi connectivity index (χ1) is 16.1. The maximum atomic E-state index is 13.1. The van der Waals surface area contributed by atoms with Crippen LogP contribution in [-0.2, 0) is 10.0 Å². The normalized spacial score (nSPS) is 14.7. The van der Waals surface area contributed by atoms with Gasteiger partial charge in [0.05, 0.1) is 16.8 Å². The van der Waals surface area contributed by atoms with Crippen LogP contribution in [0.2, 0.25) is 5.02 Å². The number of carbonyl (C=O) groups excluding carboxylic acids is 1. The zero-order valence-electron chi connectivity index (χ0n) is 17.6. The van der Waals surface area contributed by atoms with E-state index in [4.69, 9.17) is 11.6 Å². The Hall–Kier alpha value is -2.44. The highest BCUT2D eigenvalue weighted by Gasteiger charge is 2.30. The van der Waals surface area contributed by atoms with Crippen LogP contribution in [0.4, 0.5) is 11.4 Å². The molecular formula is C22H19BrClN3O5S2. The van der Waals surface area contributed by atoms with E-state index < -0.39 is 21.9 Å². The number of carboxylic acid groups (broad SMARTS) is 1. The van der Waals surface area contributed by atoms with Crippen LogP contribution in [0, 0.1) is 0 Å². The molecule has 34 heavy (non-hydrogen) atoms. The van der Waals surface area contributed by atoms with Gasteiger partial charge in [0.25, 0.3) is 15.9 Å². The molecule has 0 saturated carbocycles. The van der Waals surface area contributed by atoms with Gasteiger partial charge in [0.15, 0.2) is 0 Å². The van der Waals surface area contributed by atoms with Gasteiger partial charge in [0, 0.05) is 46.7 Å². The van der Waals surface area contributed by atoms with Crippen LogP contribution in [0.5, 0.6) is 0 Å². The number of aromatic carboxylic acids is 1. The van der Waals surface area contributed by atoms with Crippen LogP contribution in [-0.4, -0.2) is 55.9 Å². The number of carboxylic acids is 1. The predicted molar refractivity (Wildman–Crippen MR) is 136 cm³/mol. The Morgan fingerprint density at radius 3 is 2.35 bits per heavy atom. The first kappa shape index (κ1) is 24.7. The lowest BCUT2D eigenvalue weighted by Gasteiger charge is -2.35. The third-order valence-electron chi connectivity index (χ3n) is 5.32. The van der Waals surface area contributed by atoms with Crippen LogP contribution in [0.1, 0.15) is 20.7 Å². The molecule has 4 rings (SSSR count). The Morgan fingerprint density at radius 2 is 1.71 bits per heavy atom. The molecule has 3 aromatic rings. The van der Waals surface area contributed by atoms with E-state index in [9.17, 15) is 23.1 Å². The number of halogens is 2. The van der Waals surface area contributed by atoms with Crippen molar-refractivity contribution in [2.24, 2.45) is 0 Å². The topological polar surface area (TPSA) is 107 Å².